The third kappa shape index (κ3) is 3.38. The van der Waals surface area contributed by atoms with Gasteiger partial charge in [-0.05, 0) is 30.2 Å². The van der Waals surface area contributed by atoms with E-state index < -0.39 is 17.7 Å². The molecular formula is C21H21NO5. The van der Waals surface area contributed by atoms with Gasteiger partial charge >= 0.3 is 0 Å². The first-order chi connectivity index (χ1) is 13.0. The molecule has 0 radical (unpaired) electrons. The van der Waals surface area contributed by atoms with Crippen LogP contribution in [-0.2, 0) is 16.1 Å². The summed E-state index contributed by atoms with van der Waals surface area (Å²) < 4.78 is 10.6. The number of amides is 1. The van der Waals surface area contributed by atoms with Gasteiger partial charge in [-0.3, -0.25) is 9.59 Å². The number of ether oxygens (including phenoxy) is 2. The minimum absolute atomic E-state index is 0.0863. The summed E-state index contributed by atoms with van der Waals surface area (Å²) in [5, 5.41) is 10.3. The second kappa shape index (κ2) is 7.53. The van der Waals surface area contributed by atoms with Crippen molar-refractivity contribution in [1.82, 2.24) is 4.90 Å². The predicted octanol–water partition coefficient (Wildman–Crippen LogP) is 3.19. The molecular weight excluding hydrogens is 346 g/mol. The number of hydrogen-bond donors (Lipinski definition) is 1. The van der Waals surface area contributed by atoms with Crippen LogP contribution in [-0.4, -0.2) is 35.9 Å². The molecule has 0 aliphatic carbocycles. The highest BCUT2D eigenvalue weighted by molar-refractivity contribution is 6.08. The summed E-state index contributed by atoms with van der Waals surface area (Å²) in [6.45, 7) is 1.61. The van der Waals surface area contributed by atoms with E-state index >= 15 is 0 Å². The molecule has 0 fully saturated rings. The normalized spacial score (nSPS) is 16.6. The zero-order chi connectivity index (χ0) is 19.6. The Bertz CT molecular complexity index is 904. The first-order valence-corrected chi connectivity index (χ1v) is 8.48. The van der Waals surface area contributed by atoms with Crippen molar-refractivity contribution in [2.75, 3.05) is 14.2 Å². The van der Waals surface area contributed by atoms with Crippen LogP contribution in [0.2, 0.25) is 0 Å². The quantitative estimate of drug-likeness (QED) is 0.849. The molecule has 6 nitrogen and oxygen atoms in total. The maximum Gasteiger partial charge on any atom is 0.290 e. The average molecular weight is 367 g/mol. The molecule has 1 atom stereocenters. The van der Waals surface area contributed by atoms with Gasteiger partial charge in [-0.25, -0.2) is 0 Å². The molecule has 0 saturated carbocycles. The van der Waals surface area contributed by atoms with Crippen LogP contribution in [0, 0.1) is 0 Å². The molecule has 1 heterocycles. The second-order valence-electron chi connectivity index (χ2n) is 6.25. The van der Waals surface area contributed by atoms with Gasteiger partial charge in [0, 0.05) is 6.54 Å². The smallest absolute Gasteiger partial charge is 0.290 e. The summed E-state index contributed by atoms with van der Waals surface area (Å²) in [6, 6.07) is 13.9. The van der Waals surface area contributed by atoms with E-state index in [2.05, 4.69) is 0 Å². The lowest BCUT2D eigenvalue weighted by atomic mass is 9.96. The van der Waals surface area contributed by atoms with Crippen LogP contribution in [0.3, 0.4) is 0 Å². The third-order valence-electron chi connectivity index (χ3n) is 4.60. The van der Waals surface area contributed by atoms with Gasteiger partial charge in [-0.1, -0.05) is 36.4 Å². The molecule has 2 aromatic carbocycles. The van der Waals surface area contributed by atoms with Crippen molar-refractivity contribution in [2.45, 2.75) is 19.5 Å². The Morgan fingerprint density at radius 2 is 1.74 bits per heavy atom. The fourth-order valence-corrected chi connectivity index (χ4v) is 3.33. The van der Waals surface area contributed by atoms with Crippen LogP contribution in [0.4, 0.5) is 0 Å². The molecule has 1 amide bonds. The number of aliphatic hydroxyl groups is 1. The van der Waals surface area contributed by atoms with E-state index in [9.17, 15) is 14.7 Å². The van der Waals surface area contributed by atoms with Crippen molar-refractivity contribution in [2.24, 2.45) is 0 Å². The third-order valence-corrected chi connectivity index (χ3v) is 4.60. The molecule has 0 saturated heterocycles. The summed E-state index contributed by atoms with van der Waals surface area (Å²) >= 11 is 0. The molecule has 0 spiro atoms. The number of rotatable bonds is 6. The van der Waals surface area contributed by atoms with Gasteiger partial charge in [-0.15, -0.1) is 0 Å². The Labute approximate surface area is 157 Å². The largest absolute Gasteiger partial charge is 0.503 e. The van der Waals surface area contributed by atoms with Crippen LogP contribution in [0.15, 0.2) is 59.9 Å². The minimum atomic E-state index is -0.699. The molecule has 2 aromatic rings. The van der Waals surface area contributed by atoms with Gasteiger partial charge in [0.15, 0.2) is 23.0 Å². The Balaban J connectivity index is 2.08. The second-order valence-corrected chi connectivity index (χ2v) is 6.25. The van der Waals surface area contributed by atoms with E-state index in [1.165, 1.54) is 26.0 Å². The van der Waals surface area contributed by atoms with Crippen molar-refractivity contribution < 1.29 is 24.2 Å². The zero-order valence-electron chi connectivity index (χ0n) is 15.4. The fraction of sp³-hybridized carbons (Fsp3) is 0.238. The van der Waals surface area contributed by atoms with Crippen molar-refractivity contribution >= 4 is 11.7 Å². The Morgan fingerprint density at radius 1 is 1.07 bits per heavy atom. The summed E-state index contributed by atoms with van der Waals surface area (Å²) in [5.41, 5.74) is 1.64. The van der Waals surface area contributed by atoms with Crippen LogP contribution in [0.1, 0.15) is 24.1 Å². The van der Waals surface area contributed by atoms with E-state index in [-0.39, 0.29) is 17.9 Å². The molecule has 1 aliphatic heterocycles. The van der Waals surface area contributed by atoms with Crippen molar-refractivity contribution in [3.63, 3.8) is 0 Å². The van der Waals surface area contributed by atoms with E-state index in [0.29, 0.717) is 17.1 Å². The molecule has 1 unspecified atom stereocenters. The van der Waals surface area contributed by atoms with Gasteiger partial charge in [0.2, 0.25) is 0 Å². The zero-order valence-corrected chi connectivity index (χ0v) is 15.4. The number of nitrogens with zero attached hydrogens (tertiary/aromatic N) is 1. The first kappa shape index (κ1) is 18.5. The Morgan fingerprint density at radius 3 is 2.33 bits per heavy atom. The summed E-state index contributed by atoms with van der Waals surface area (Å²) in [6.07, 6.45) is 0. The van der Waals surface area contributed by atoms with Gasteiger partial charge in [0.25, 0.3) is 5.91 Å². The summed E-state index contributed by atoms with van der Waals surface area (Å²) in [4.78, 5) is 26.4. The average Bonchev–Trinajstić information content (AvgIpc) is 2.93. The number of aliphatic hydroxyl groups excluding tert-OH is 1. The number of methoxy groups -OCH3 is 2. The molecule has 6 heteroatoms. The standard InChI is InChI=1S/C21H21NO5/c1-13(23)18-19(15-9-10-16(26-2)17(11-15)27-3)22(21(25)20(18)24)12-14-7-5-4-6-8-14/h4-11,19,24H,12H2,1-3H3. The molecule has 3 rings (SSSR count). The van der Waals surface area contributed by atoms with Crippen LogP contribution in [0.25, 0.3) is 0 Å². The maximum atomic E-state index is 12.7. The van der Waals surface area contributed by atoms with E-state index in [0.717, 1.165) is 5.56 Å². The monoisotopic (exact) mass is 367 g/mol. The van der Waals surface area contributed by atoms with Gasteiger partial charge in [-0.2, -0.15) is 0 Å². The van der Waals surface area contributed by atoms with Crippen molar-refractivity contribution in [1.29, 1.82) is 0 Å². The van der Waals surface area contributed by atoms with Crippen molar-refractivity contribution in [3.8, 4) is 11.5 Å². The number of ketones is 1. The minimum Gasteiger partial charge on any atom is -0.503 e. The lowest BCUT2D eigenvalue weighted by Gasteiger charge is -2.27. The highest BCUT2D eigenvalue weighted by atomic mass is 16.5. The molecule has 1 aliphatic rings. The predicted molar refractivity (Wildman–Crippen MR) is 99.6 cm³/mol. The number of benzene rings is 2. The summed E-state index contributed by atoms with van der Waals surface area (Å²) in [5.74, 6) is -0.396. The van der Waals surface area contributed by atoms with Crippen LogP contribution < -0.4 is 9.47 Å². The summed E-state index contributed by atoms with van der Waals surface area (Å²) in [7, 11) is 3.05. The van der Waals surface area contributed by atoms with Gasteiger partial charge < -0.3 is 19.5 Å². The molecule has 0 aromatic heterocycles. The molecule has 140 valence electrons. The highest BCUT2D eigenvalue weighted by Crippen LogP contribution is 2.41. The van der Waals surface area contributed by atoms with Gasteiger partial charge in [0.1, 0.15) is 0 Å². The SMILES string of the molecule is COc1ccc(C2C(C(C)=O)=C(O)C(=O)N2Cc2ccccc2)cc1OC. The number of Topliss-reactive ketones (excluding diaryl/α,β-unsaturated/α-hetero) is 1. The van der Waals surface area contributed by atoms with Crippen molar-refractivity contribution in [3.05, 3.63) is 71.0 Å². The lowest BCUT2D eigenvalue weighted by Crippen LogP contribution is -2.30. The Hall–Kier alpha value is -3.28. The number of hydrogen-bond acceptors (Lipinski definition) is 5. The molecule has 27 heavy (non-hydrogen) atoms. The Kier molecular flexibility index (Phi) is 5.16. The first-order valence-electron chi connectivity index (χ1n) is 8.48. The van der Waals surface area contributed by atoms with E-state index in [1.54, 1.807) is 18.2 Å². The number of carbonyl (C=O) groups excluding carboxylic acids is 2. The van der Waals surface area contributed by atoms with E-state index in [1.807, 2.05) is 30.3 Å². The van der Waals surface area contributed by atoms with Crippen LogP contribution in [0.5, 0.6) is 11.5 Å². The molecule has 1 N–H and O–H groups in total. The maximum absolute atomic E-state index is 12.7. The number of carbonyl (C=O) groups is 2. The van der Waals surface area contributed by atoms with E-state index in [4.69, 9.17) is 9.47 Å². The molecule has 0 bridgehead atoms. The topological polar surface area (TPSA) is 76.1 Å². The highest BCUT2D eigenvalue weighted by Gasteiger charge is 2.42. The van der Waals surface area contributed by atoms with Gasteiger partial charge in [0.05, 0.1) is 25.8 Å². The van der Waals surface area contributed by atoms with Crippen LogP contribution >= 0.6 is 0 Å². The fourth-order valence-electron chi connectivity index (χ4n) is 3.33. The lowest BCUT2D eigenvalue weighted by molar-refractivity contribution is -0.130.